The van der Waals surface area contributed by atoms with Crippen LogP contribution in [-0.2, 0) is 4.79 Å². The van der Waals surface area contributed by atoms with Gasteiger partial charge in [-0.3, -0.25) is 10.1 Å². The van der Waals surface area contributed by atoms with Gasteiger partial charge >= 0.3 is 6.03 Å². The number of thioether (sulfide) groups is 1. The Balaban J connectivity index is 1.87. The van der Waals surface area contributed by atoms with E-state index in [-0.39, 0.29) is 6.10 Å². The van der Waals surface area contributed by atoms with Crippen LogP contribution in [-0.4, -0.2) is 33.5 Å². The van der Waals surface area contributed by atoms with Crippen molar-refractivity contribution in [3.05, 3.63) is 29.3 Å². The van der Waals surface area contributed by atoms with Crippen molar-refractivity contribution >= 4 is 40.7 Å². The number of amides is 3. The van der Waals surface area contributed by atoms with Crippen molar-refractivity contribution in [2.75, 3.05) is 5.32 Å². The lowest BCUT2D eigenvalue weighted by molar-refractivity contribution is -0.119. The Morgan fingerprint density at radius 2 is 1.92 bits per heavy atom. The third-order valence-electron chi connectivity index (χ3n) is 3.24. The highest BCUT2D eigenvalue weighted by molar-refractivity contribution is 8.02. The van der Waals surface area contributed by atoms with Crippen molar-refractivity contribution in [2.24, 2.45) is 0 Å². The number of nitrogens with one attached hydrogen (secondary N) is 2. The summed E-state index contributed by atoms with van der Waals surface area (Å²) in [6.07, 6.45) is 0.00967. The van der Waals surface area contributed by atoms with Crippen LogP contribution in [0.25, 0.3) is 0 Å². The van der Waals surface area contributed by atoms with Gasteiger partial charge in [0.25, 0.3) is 5.19 Å². The molecular formula is C17H22N4O3S2. The number of ether oxygens (including phenoxy) is 1. The van der Waals surface area contributed by atoms with Gasteiger partial charge in [-0.05, 0) is 57.6 Å². The van der Waals surface area contributed by atoms with Crippen LogP contribution in [0.3, 0.4) is 0 Å². The van der Waals surface area contributed by atoms with Crippen molar-refractivity contribution in [1.82, 2.24) is 15.5 Å². The Labute approximate surface area is 160 Å². The van der Waals surface area contributed by atoms with Crippen molar-refractivity contribution < 1.29 is 14.3 Å². The van der Waals surface area contributed by atoms with E-state index in [1.165, 1.54) is 23.1 Å². The van der Waals surface area contributed by atoms with E-state index in [1.54, 1.807) is 6.92 Å². The molecular weight excluding hydrogens is 372 g/mol. The average molecular weight is 395 g/mol. The van der Waals surface area contributed by atoms with Crippen molar-refractivity contribution in [3.8, 4) is 5.19 Å². The Hall–Kier alpha value is -2.13. The first-order valence-corrected chi connectivity index (χ1v) is 9.80. The normalized spacial score (nSPS) is 11.9. The summed E-state index contributed by atoms with van der Waals surface area (Å²) in [6.45, 7) is 9.38. The highest BCUT2D eigenvalue weighted by Gasteiger charge is 2.20. The molecule has 2 aromatic rings. The molecule has 1 aromatic heterocycles. The van der Waals surface area contributed by atoms with Gasteiger partial charge < -0.3 is 10.1 Å². The lowest BCUT2D eigenvalue weighted by Crippen LogP contribution is -2.39. The quantitative estimate of drug-likeness (QED) is 0.725. The molecule has 3 amide bonds. The third-order valence-corrected chi connectivity index (χ3v) is 5.24. The molecule has 0 bridgehead atoms. The van der Waals surface area contributed by atoms with Crippen LogP contribution in [0.15, 0.2) is 22.5 Å². The molecule has 26 heavy (non-hydrogen) atoms. The monoisotopic (exact) mass is 394 g/mol. The van der Waals surface area contributed by atoms with Gasteiger partial charge in [-0.15, -0.1) is 5.10 Å². The smallest absolute Gasteiger partial charge is 0.325 e. The van der Waals surface area contributed by atoms with E-state index < -0.39 is 17.2 Å². The van der Waals surface area contributed by atoms with Crippen LogP contribution in [0, 0.1) is 13.8 Å². The topological polar surface area (TPSA) is 93.2 Å². The molecule has 7 nitrogen and oxygen atoms in total. The molecule has 0 aliphatic carbocycles. The molecule has 1 atom stereocenters. The maximum atomic E-state index is 12.2. The second-order valence-corrected chi connectivity index (χ2v) is 8.55. The van der Waals surface area contributed by atoms with Crippen LogP contribution < -0.4 is 15.4 Å². The van der Waals surface area contributed by atoms with Gasteiger partial charge in [-0.2, -0.15) is 0 Å². The number of urea groups is 1. The van der Waals surface area contributed by atoms with E-state index in [1.807, 2.05) is 45.9 Å². The number of carbonyl (C=O) groups is 2. The highest BCUT2D eigenvalue weighted by Crippen LogP contribution is 2.30. The van der Waals surface area contributed by atoms with Gasteiger partial charge in [0, 0.05) is 5.69 Å². The summed E-state index contributed by atoms with van der Waals surface area (Å²) in [5.74, 6) is -0.404. The Morgan fingerprint density at radius 3 is 2.58 bits per heavy atom. The maximum Gasteiger partial charge on any atom is 0.325 e. The fraction of sp³-hybridized carbons (Fsp3) is 0.412. The first kappa shape index (κ1) is 20.2. The number of hydrogen-bond acceptors (Lipinski definition) is 7. The predicted octanol–water partition coefficient (Wildman–Crippen LogP) is 3.77. The minimum atomic E-state index is -0.560. The van der Waals surface area contributed by atoms with Gasteiger partial charge in [-0.1, -0.05) is 34.6 Å². The molecule has 2 rings (SSSR count). The van der Waals surface area contributed by atoms with Crippen molar-refractivity contribution in [1.29, 1.82) is 0 Å². The predicted molar refractivity (Wildman–Crippen MR) is 104 cm³/mol. The van der Waals surface area contributed by atoms with Crippen LogP contribution >= 0.6 is 23.1 Å². The van der Waals surface area contributed by atoms with E-state index in [2.05, 4.69) is 20.8 Å². The van der Waals surface area contributed by atoms with E-state index in [4.69, 9.17) is 4.74 Å². The fourth-order valence-electron chi connectivity index (χ4n) is 2.02. The summed E-state index contributed by atoms with van der Waals surface area (Å²) in [5.41, 5.74) is 2.70. The molecule has 140 valence electrons. The van der Waals surface area contributed by atoms with Crippen molar-refractivity contribution in [2.45, 2.75) is 50.3 Å². The Bertz CT molecular complexity index is 792. The zero-order valence-electron chi connectivity index (χ0n) is 15.3. The highest BCUT2D eigenvalue weighted by atomic mass is 32.2. The van der Waals surface area contributed by atoms with E-state index in [0.29, 0.717) is 15.2 Å². The number of aromatic nitrogens is 2. The molecule has 0 aliphatic rings. The van der Waals surface area contributed by atoms with Crippen molar-refractivity contribution in [3.63, 3.8) is 0 Å². The molecule has 0 fully saturated rings. The second-order valence-electron chi connectivity index (χ2n) is 6.02. The molecule has 9 heteroatoms. The minimum absolute atomic E-state index is 0.00967. The van der Waals surface area contributed by atoms with Crippen LogP contribution in [0.4, 0.5) is 10.5 Å². The van der Waals surface area contributed by atoms with Crippen LogP contribution in [0.1, 0.15) is 31.9 Å². The standard InChI is InChI=1S/C17H22N4O3S2/c1-9(2)24-16-20-21-17(26-16)25-12(5)14(22)19-15(23)18-13-7-6-10(3)8-11(13)4/h6-9,12H,1-5H3,(H2,18,19,22,23). The maximum absolute atomic E-state index is 12.2. The summed E-state index contributed by atoms with van der Waals surface area (Å²) in [6, 6.07) is 5.11. The van der Waals surface area contributed by atoms with Gasteiger partial charge in [0.1, 0.15) is 0 Å². The number of anilines is 1. The molecule has 0 saturated heterocycles. The number of hydrogen-bond donors (Lipinski definition) is 2. The molecule has 0 radical (unpaired) electrons. The molecule has 0 aliphatic heterocycles. The minimum Gasteiger partial charge on any atom is -0.466 e. The summed E-state index contributed by atoms with van der Waals surface area (Å²) < 4.78 is 6.06. The van der Waals surface area contributed by atoms with Crippen LogP contribution in [0.5, 0.6) is 5.19 Å². The number of carbonyl (C=O) groups excluding carboxylic acids is 2. The lowest BCUT2D eigenvalue weighted by Gasteiger charge is -2.12. The molecule has 1 aromatic carbocycles. The number of benzene rings is 1. The third kappa shape index (κ3) is 5.99. The van der Waals surface area contributed by atoms with Gasteiger partial charge in [0.05, 0.1) is 11.4 Å². The van der Waals surface area contributed by atoms with Gasteiger partial charge in [-0.25, -0.2) is 4.79 Å². The summed E-state index contributed by atoms with van der Waals surface area (Å²) in [7, 11) is 0. The first-order chi connectivity index (χ1) is 12.2. The number of nitrogens with zero attached hydrogens (tertiary/aromatic N) is 2. The molecule has 0 saturated carbocycles. The van der Waals surface area contributed by atoms with Gasteiger partial charge in [0.2, 0.25) is 5.91 Å². The molecule has 2 N–H and O–H groups in total. The summed E-state index contributed by atoms with van der Waals surface area (Å²) in [4.78, 5) is 24.2. The number of rotatable bonds is 6. The lowest BCUT2D eigenvalue weighted by atomic mass is 10.1. The van der Waals surface area contributed by atoms with Gasteiger partial charge in [0.15, 0.2) is 4.34 Å². The molecule has 1 unspecified atom stereocenters. The van der Waals surface area contributed by atoms with E-state index in [0.717, 1.165) is 11.1 Å². The zero-order valence-corrected chi connectivity index (χ0v) is 17.0. The second kappa shape index (κ2) is 9.00. The largest absolute Gasteiger partial charge is 0.466 e. The summed E-state index contributed by atoms with van der Waals surface area (Å²) in [5, 5.41) is 12.9. The Kier molecular flexibility index (Phi) is 6.98. The summed E-state index contributed by atoms with van der Waals surface area (Å²) >= 11 is 2.50. The fourth-order valence-corrected chi connectivity index (χ4v) is 3.97. The Morgan fingerprint density at radius 1 is 1.19 bits per heavy atom. The SMILES string of the molecule is Cc1ccc(NC(=O)NC(=O)C(C)Sc2nnc(OC(C)C)s2)c(C)c1. The van der Waals surface area contributed by atoms with Crippen LogP contribution in [0.2, 0.25) is 0 Å². The number of aryl methyl sites for hydroxylation is 2. The van der Waals surface area contributed by atoms with E-state index >= 15 is 0 Å². The number of imide groups is 1. The zero-order chi connectivity index (χ0) is 19.3. The molecule has 1 heterocycles. The first-order valence-electron chi connectivity index (χ1n) is 8.10. The van der Waals surface area contributed by atoms with E-state index in [9.17, 15) is 9.59 Å². The molecule has 0 spiro atoms. The average Bonchev–Trinajstić information content (AvgIpc) is 2.96.